The van der Waals surface area contributed by atoms with Crippen LogP contribution < -0.4 is 16.6 Å². The lowest BCUT2D eigenvalue weighted by Gasteiger charge is -2.14. The van der Waals surface area contributed by atoms with Gasteiger partial charge in [-0.3, -0.25) is 15.6 Å². The second kappa shape index (κ2) is 4.39. The van der Waals surface area contributed by atoms with Crippen LogP contribution in [0, 0.1) is 5.92 Å². The lowest BCUT2D eigenvalue weighted by atomic mass is 10.0. The fourth-order valence-electron chi connectivity index (χ4n) is 1.26. The molecule has 0 aliphatic carbocycles. The molecule has 70 valence electrons. The topological polar surface area (TPSA) is 76.4 Å². The van der Waals surface area contributed by atoms with E-state index in [0.29, 0.717) is 19.7 Å². The van der Waals surface area contributed by atoms with Crippen LogP contribution in [0.4, 0.5) is 0 Å². The van der Waals surface area contributed by atoms with Gasteiger partial charge in [0, 0.05) is 19.1 Å². The van der Waals surface area contributed by atoms with Crippen molar-refractivity contribution in [2.45, 2.75) is 13.0 Å². The average molecular weight is 173 g/mol. The number of ether oxygens (including phenoxy) is 1. The maximum absolute atomic E-state index is 11.3. The van der Waals surface area contributed by atoms with E-state index in [4.69, 9.17) is 10.5 Å². The number of carbonyl (C=O) groups is 1. The Bertz CT molecular complexity index is 163. The van der Waals surface area contributed by atoms with E-state index in [1.807, 2.05) is 0 Å². The Hall–Kier alpha value is -0.650. The summed E-state index contributed by atoms with van der Waals surface area (Å²) in [6.45, 7) is 3.26. The molecule has 0 radical (unpaired) electrons. The summed E-state index contributed by atoms with van der Waals surface area (Å²) in [6.07, 6.45) is 0. The highest BCUT2D eigenvalue weighted by molar-refractivity contribution is 5.74. The van der Waals surface area contributed by atoms with Crippen molar-refractivity contribution in [1.82, 2.24) is 10.9 Å². The summed E-state index contributed by atoms with van der Waals surface area (Å²) in [7, 11) is 0. The molecular weight excluding hydrogens is 158 g/mol. The standard InChI is InChI=1S/C7H15N3O2/c1-2-12-7(11)5-4-9-10-6(5)3-8/h5-6,9-10H,2-4,8H2,1H3. The molecule has 1 aliphatic rings. The zero-order valence-corrected chi connectivity index (χ0v) is 7.17. The molecule has 0 aromatic carbocycles. The first-order chi connectivity index (χ1) is 5.79. The highest BCUT2D eigenvalue weighted by Crippen LogP contribution is 2.08. The van der Waals surface area contributed by atoms with Crippen LogP contribution in [-0.4, -0.2) is 31.7 Å². The third kappa shape index (κ3) is 1.94. The van der Waals surface area contributed by atoms with Crippen LogP contribution in [0.2, 0.25) is 0 Å². The first-order valence-corrected chi connectivity index (χ1v) is 4.14. The normalized spacial score (nSPS) is 28.8. The van der Waals surface area contributed by atoms with E-state index in [1.54, 1.807) is 6.92 Å². The smallest absolute Gasteiger partial charge is 0.311 e. The van der Waals surface area contributed by atoms with Gasteiger partial charge in [-0.25, -0.2) is 0 Å². The minimum Gasteiger partial charge on any atom is -0.466 e. The van der Waals surface area contributed by atoms with Crippen molar-refractivity contribution in [1.29, 1.82) is 0 Å². The van der Waals surface area contributed by atoms with Crippen molar-refractivity contribution in [2.75, 3.05) is 19.7 Å². The lowest BCUT2D eigenvalue weighted by Crippen LogP contribution is -2.40. The number of nitrogens with two attached hydrogens (primary N) is 1. The van der Waals surface area contributed by atoms with Crippen LogP contribution >= 0.6 is 0 Å². The Morgan fingerprint density at radius 1 is 1.75 bits per heavy atom. The third-order valence-corrected chi connectivity index (χ3v) is 1.94. The zero-order chi connectivity index (χ0) is 8.97. The summed E-state index contributed by atoms with van der Waals surface area (Å²) >= 11 is 0. The van der Waals surface area contributed by atoms with Gasteiger partial charge >= 0.3 is 5.97 Å². The monoisotopic (exact) mass is 173 g/mol. The van der Waals surface area contributed by atoms with Gasteiger partial charge < -0.3 is 10.5 Å². The minimum atomic E-state index is -0.176. The second-order valence-electron chi connectivity index (χ2n) is 2.73. The number of hydrogen-bond acceptors (Lipinski definition) is 5. The number of rotatable bonds is 3. The number of carbonyl (C=O) groups excluding carboxylic acids is 1. The molecule has 4 N–H and O–H groups in total. The molecule has 0 amide bonds. The maximum Gasteiger partial charge on any atom is 0.311 e. The molecule has 1 rings (SSSR count). The Kier molecular flexibility index (Phi) is 3.46. The quantitative estimate of drug-likeness (QED) is 0.458. The van der Waals surface area contributed by atoms with E-state index in [1.165, 1.54) is 0 Å². The maximum atomic E-state index is 11.3. The van der Waals surface area contributed by atoms with E-state index >= 15 is 0 Å². The van der Waals surface area contributed by atoms with Gasteiger partial charge in [0.2, 0.25) is 0 Å². The fraction of sp³-hybridized carbons (Fsp3) is 0.857. The van der Waals surface area contributed by atoms with E-state index < -0.39 is 0 Å². The SMILES string of the molecule is CCOC(=O)C1CNNC1CN. The van der Waals surface area contributed by atoms with Gasteiger partial charge in [-0.15, -0.1) is 0 Å². The number of nitrogens with one attached hydrogen (secondary N) is 2. The van der Waals surface area contributed by atoms with Crippen LogP contribution in [0.15, 0.2) is 0 Å². The van der Waals surface area contributed by atoms with Gasteiger partial charge in [-0.2, -0.15) is 0 Å². The van der Waals surface area contributed by atoms with Gasteiger partial charge in [0.15, 0.2) is 0 Å². The molecule has 0 aromatic heterocycles. The van der Waals surface area contributed by atoms with Gasteiger partial charge in [0.05, 0.1) is 12.5 Å². The van der Waals surface area contributed by atoms with Crippen molar-refractivity contribution in [3.63, 3.8) is 0 Å². The molecule has 0 bridgehead atoms. The van der Waals surface area contributed by atoms with Gasteiger partial charge in [0.25, 0.3) is 0 Å². The number of esters is 1. The first-order valence-electron chi connectivity index (χ1n) is 4.14. The van der Waals surface area contributed by atoms with Crippen LogP contribution in [0.1, 0.15) is 6.92 Å². The molecule has 0 saturated carbocycles. The predicted molar refractivity (Wildman–Crippen MR) is 44.1 cm³/mol. The summed E-state index contributed by atoms with van der Waals surface area (Å²) in [5.41, 5.74) is 11.2. The zero-order valence-electron chi connectivity index (χ0n) is 7.17. The molecule has 5 heteroatoms. The van der Waals surface area contributed by atoms with E-state index in [0.717, 1.165) is 0 Å². The summed E-state index contributed by atoms with van der Waals surface area (Å²) in [5, 5.41) is 0. The van der Waals surface area contributed by atoms with Crippen LogP contribution in [-0.2, 0) is 9.53 Å². The van der Waals surface area contributed by atoms with Crippen molar-refractivity contribution >= 4 is 5.97 Å². The van der Waals surface area contributed by atoms with Crippen LogP contribution in [0.3, 0.4) is 0 Å². The molecule has 5 nitrogen and oxygen atoms in total. The van der Waals surface area contributed by atoms with Crippen molar-refractivity contribution in [3.8, 4) is 0 Å². The number of hydrazine groups is 1. The molecule has 0 spiro atoms. The third-order valence-electron chi connectivity index (χ3n) is 1.94. The van der Waals surface area contributed by atoms with Crippen molar-refractivity contribution < 1.29 is 9.53 Å². The fourth-order valence-corrected chi connectivity index (χ4v) is 1.26. The highest BCUT2D eigenvalue weighted by Gasteiger charge is 2.32. The molecule has 2 unspecified atom stereocenters. The summed E-state index contributed by atoms with van der Waals surface area (Å²) in [6, 6.07) is 0.00375. The Balaban J connectivity index is 2.43. The molecule has 1 aliphatic heterocycles. The largest absolute Gasteiger partial charge is 0.466 e. The van der Waals surface area contributed by atoms with Gasteiger partial charge in [-0.1, -0.05) is 0 Å². The Labute approximate surface area is 71.6 Å². The van der Waals surface area contributed by atoms with Gasteiger partial charge in [0.1, 0.15) is 0 Å². The molecule has 1 fully saturated rings. The predicted octanol–water partition coefficient (Wildman–Crippen LogP) is -1.40. The van der Waals surface area contributed by atoms with E-state index in [-0.39, 0.29) is 17.9 Å². The molecule has 1 heterocycles. The summed E-state index contributed by atoms with van der Waals surface area (Å²) in [4.78, 5) is 11.3. The Morgan fingerprint density at radius 3 is 3.08 bits per heavy atom. The van der Waals surface area contributed by atoms with Crippen molar-refractivity contribution in [2.24, 2.45) is 11.7 Å². The highest BCUT2D eigenvalue weighted by atomic mass is 16.5. The molecule has 1 saturated heterocycles. The first kappa shape index (κ1) is 9.44. The molecular formula is C7H15N3O2. The van der Waals surface area contributed by atoms with Crippen LogP contribution in [0.5, 0.6) is 0 Å². The number of hydrogen-bond donors (Lipinski definition) is 3. The van der Waals surface area contributed by atoms with Crippen molar-refractivity contribution in [3.05, 3.63) is 0 Å². The molecule has 12 heavy (non-hydrogen) atoms. The average Bonchev–Trinajstić information content (AvgIpc) is 2.51. The summed E-state index contributed by atoms with van der Waals surface area (Å²) < 4.78 is 4.88. The second-order valence-corrected chi connectivity index (χ2v) is 2.73. The van der Waals surface area contributed by atoms with Gasteiger partial charge in [-0.05, 0) is 6.92 Å². The Morgan fingerprint density at radius 2 is 2.50 bits per heavy atom. The molecule has 0 aromatic rings. The molecule has 2 atom stereocenters. The minimum absolute atomic E-state index is 0.00375. The summed E-state index contributed by atoms with van der Waals surface area (Å²) in [5.74, 6) is -0.319. The lowest BCUT2D eigenvalue weighted by molar-refractivity contribution is -0.147. The van der Waals surface area contributed by atoms with E-state index in [2.05, 4.69) is 10.9 Å². The van der Waals surface area contributed by atoms with Crippen LogP contribution in [0.25, 0.3) is 0 Å². The van der Waals surface area contributed by atoms with E-state index in [9.17, 15) is 4.79 Å².